The summed E-state index contributed by atoms with van der Waals surface area (Å²) in [5, 5.41) is 14.9. The summed E-state index contributed by atoms with van der Waals surface area (Å²) in [6.07, 6.45) is 4.90. The van der Waals surface area contributed by atoms with Crippen LogP contribution in [0.1, 0.15) is 54.9 Å². The van der Waals surface area contributed by atoms with Crippen molar-refractivity contribution in [2.24, 2.45) is 5.92 Å². The Morgan fingerprint density at radius 1 is 0.860 bits per heavy atom. The van der Waals surface area contributed by atoms with Crippen LogP contribution < -0.4 is 5.32 Å². The quantitative estimate of drug-likeness (QED) is 0.501. The van der Waals surface area contributed by atoms with E-state index in [1.165, 1.54) is 0 Å². The van der Waals surface area contributed by atoms with Gasteiger partial charge in [-0.2, -0.15) is 0 Å². The molecule has 3 heterocycles. The summed E-state index contributed by atoms with van der Waals surface area (Å²) < 4.78 is 0. The van der Waals surface area contributed by atoms with Crippen LogP contribution in [0.25, 0.3) is 0 Å². The molecule has 6 rings (SSSR count). The molecule has 1 aliphatic carbocycles. The fourth-order valence-electron chi connectivity index (χ4n) is 6.76. The molecule has 2 aromatic rings. The summed E-state index contributed by atoms with van der Waals surface area (Å²) in [4.78, 5) is 46.7. The van der Waals surface area contributed by atoms with Gasteiger partial charge in [0.25, 0.3) is 11.8 Å². The molecule has 230 valence electrons. The van der Waals surface area contributed by atoms with Crippen molar-refractivity contribution in [2.75, 3.05) is 57.7 Å². The smallest absolute Gasteiger partial charge is 0.258 e. The number of anilines is 1. The highest BCUT2D eigenvalue weighted by molar-refractivity contribution is 6.34. The van der Waals surface area contributed by atoms with Gasteiger partial charge in [-0.1, -0.05) is 48.4 Å². The van der Waals surface area contributed by atoms with E-state index in [9.17, 15) is 19.5 Å². The highest BCUT2D eigenvalue weighted by Gasteiger charge is 2.40. The van der Waals surface area contributed by atoms with Gasteiger partial charge < -0.3 is 25.1 Å². The zero-order chi connectivity index (χ0) is 30.1. The number of amides is 3. The molecule has 10 heteroatoms. The van der Waals surface area contributed by atoms with Gasteiger partial charge in [0, 0.05) is 70.0 Å². The van der Waals surface area contributed by atoms with E-state index in [0.29, 0.717) is 61.5 Å². The van der Waals surface area contributed by atoms with Gasteiger partial charge in [0.1, 0.15) is 0 Å². The Morgan fingerprint density at radius 3 is 2.12 bits per heavy atom. The summed E-state index contributed by atoms with van der Waals surface area (Å²) in [7, 11) is 0. The Morgan fingerprint density at radius 2 is 1.51 bits per heavy atom. The Kier molecular flexibility index (Phi) is 8.67. The van der Waals surface area contributed by atoms with Crippen LogP contribution in [0.4, 0.5) is 5.69 Å². The van der Waals surface area contributed by atoms with Crippen LogP contribution in [-0.4, -0.2) is 107 Å². The molecular formula is C33H42ClN5O4. The Hall–Kier alpha value is -3.14. The standard InChI is InChI=1S/C33H42ClN5O4/c1-33(43,24-8-3-2-4-9-24)32(42)38-14-12-27(13-15-38)39-21-26(22-39)35-25-10-11-28(29(34)20-25)31(41)37-18-16-36(17-19-37)30(40)23-6-5-7-23/h2-4,8-11,20,23,26-27,35,43H,5-7,12-19,21-22H2,1H3. The Balaban J connectivity index is 0.940. The van der Waals surface area contributed by atoms with Gasteiger partial charge >= 0.3 is 0 Å². The summed E-state index contributed by atoms with van der Waals surface area (Å²) in [5.41, 5.74) is 0.483. The third-order valence-electron chi connectivity index (χ3n) is 9.83. The third-order valence-corrected chi connectivity index (χ3v) is 10.1. The van der Waals surface area contributed by atoms with E-state index in [2.05, 4.69) is 10.2 Å². The number of likely N-dealkylation sites (tertiary alicyclic amines) is 2. The molecule has 1 atom stereocenters. The van der Waals surface area contributed by atoms with E-state index in [4.69, 9.17) is 11.6 Å². The van der Waals surface area contributed by atoms with Crippen molar-refractivity contribution in [3.8, 4) is 0 Å². The predicted molar refractivity (Wildman–Crippen MR) is 166 cm³/mol. The van der Waals surface area contributed by atoms with Gasteiger partial charge in [-0.15, -0.1) is 0 Å². The second-order valence-corrected chi connectivity index (χ2v) is 13.1. The number of hydrogen-bond acceptors (Lipinski definition) is 6. The SMILES string of the molecule is CC(O)(C(=O)N1CCC(N2CC(Nc3ccc(C(=O)N4CCN(C(=O)C5CCC5)CC4)c(Cl)c3)C2)CC1)c1ccccc1. The van der Waals surface area contributed by atoms with Crippen LogP contribution in [0.3, 0.4) is 0 Å². The number of hydrogen-bond donors (Lipinski definition) is 2. The molecule has 4 aliphatic rings. The van der Waals surface area contributed by atoms with Crippen LogP contribution in [0.15, 0.2) is 48.5 Å². The first-order valence-corrected chi connectivity index (χ1v) is 16.0. The second-order valence-electron chi connectivity index (χ2n) is 12.7. The van der Waals surface area contributed by atoms with Gasteiger partial charge in [-0.25, -0.2) is 0 Å². The number of carbonyl (C=O) groups excluding carboxylic acids is 3. The minimum Gasteiger partial charge on any atom is -0.380 e. The Bertz CT molecular complexity index is 1330. The summed E-state index contributed by atoms with van der Waals surface area (Å²) in [5.74, 6) is 0.111. The highest BCUT2D eigenvalue weighted by atomic mass is 35.5. The van der Waals surface area contributed by atoms with E-state index < -0.39 is 5.60 Å². The van der Waals surface area contributed by atoms with E-state index in [0.717, 1.165) is 50.9 Å². The molecule has 0 bridgehead atoms. The number of nitrogens with zero attached hydrogens (tertiary/aromatic N) is 4. The average Bonchev–Trinajstić information content (AvgIpc) is 2.98. The Labute approximate surface area is 258 Å². The molecule has 2 N–H and O–H groups in total. The maximum atomic E-state index is 13.2. The van der Waals surface area contributed by atoms with Crippen LogP contribution in [0.2, 0.25) is 5.02 Å². The van der Waals surface area contributed by atoms with Gasteiger partial charge in [0.15, 0.2) is 5.60 Å². The van der Waals surface area contributed by atoms with E-state index in [1.807, 2.05) is 35.2 Å². The summed E-state index contributed by atoms with van der Waals surface area (Å²) in [6.45, 7) is 6.90. The number of aliphatic hydroxyl groups is 1. The molecule has 1 unspecified atom stereocenters. The van der Waals surface area contributed by atoms with Gasteiger partial charge in [0.2, 0.25) is 5.91 Å². The lowest BCUT2D eigenvalue weighted by molar-refractivity contribution is -0.152. The normalized spacial score (nSPS) is 22.0. The van der Waals surface area contributed by atoms with Crippen LogP contribution in [0.5, 0.6) is 0 Å². The largest absolute Gasteiger partial charge is 0.380 e. The molecule has 0 spiro atoms. The summed E-state index contributed by atoms with van der Waals surface area (Å²) in [6, 6.07) is 15.4. The predicted octanol–water partition coefficient (Wildman–Crippen LogP) is 3.42. The number of piperidine rings is 1. The second kappa shape index (κ2) is 12.5. The minimum absolute atomic E-state index is 0.0859. The fourth-order valence-corrected chi connectivity index (χ4v) is 7.02. The van der Waals surface area contributed by atoms with Crippen LogP contribution in [0, 0.1) is 5.92 Å². The monoisotopic (exact) mass is 607 g/mol. The van der Waals surface area contributed by atoms with Crippen molar-refractivity contribution >= 4 is 35.0 Å². The van der Waals surface area contributed by atoms with Gasteiger partial charge in [0.05, 0.1) is 16.6 Å². The number of carbonyl (C=O) groups is 3. The molecular weight excluding hydrogens is 566 g/mol. The van der Waals surface area contributed by atoms with Crippen molar-refractivity contribution in [3.63, 3.8) is 0 Å². The minimum atomic E-state index is -1.52. The van der Waals surface area contributed by atoms with Crippen molar-refractivity contribution in [1.82, 2.24) is 19.6 Å². The number of benzene rings is 2. The molecule has 0 aromatic heterocycles. The molecule has 1 saturated carbocycles. The lowest BCUT2D eigenvalue weighted by atomic mass is 9.84. The molecule has 3 amide bonds. The number of nitrogens with one attached hydrogen (secondary N) is 1. The third kappa shape index (κ3) is 6.26. The van der Waals surface area contributed by atoms with Gasteiger partial charge in [-0.3, -0.25) is 19.3 Å². The maximum absolute atomic E-state index is 13.2. The first-order valence-electron chi connectivity index (χ1n) is 15.7. The first-order chi connectivity index (χ1) is 20.7. The van der Waals surface area contributed by atoms with E-state index in [1.54, 1.807) is 34.9 Å². The number of piperazine rings is 1. The van der Waals surface area contributed by atoms with Crippen molar-refractivity contribution in [1.29, 1.82) is 0 Å². The topological polar surface area (TPSA) is 96.4 Å². The molecule has 9 nitrogen and oxygen atoms in total. The zero-order valence-corrected chi connectivity index (χ0v) is 25.6. The van der Waals surface area contributed by atoms with E-state index >= 15 is 0 Å². The maximum Gasteiger partial charge on any atom is 0.258 e. The highest BCUT2D eigenvalue weighted by Crippen LogP contribution is 2.31. The molecule has 2 aromatic carbocycles. The lowest BCUT2D eigenvalue weighted by Gasteiger charge is -2.48. The zero-order valence-electron chi connectivity index (χ0n) is 24.9. The fraction of sp³-hybridized carbons (Fsp3) is 0.545. The van der Waals surface area contributed by atoms with Crippen LogP contribution in [-0.2, 0) is 15.2 Å². The lowest BCUT2D eigenvalue weighted by Crippen LogP contribution is -2.61. The summed E-state index contributed by atoms with van der Waals surface area (Å²) >= 11 is 6.58. The molecule has 43 heavy (non-hydrogen) atoms. The first kappa shape index (κ1) is 29.9. The average molecular weight is 608 g/mol. The van der Waals surface area contributed by atoms with Gasteiger partial charge in [-0.05, 0) is 56.4 Å². The van der Waals surface area contributed by atoms with Crippen molar-refractivity contribution in [2.45, 2.75) is 56.7 Å². The van der Waals surface area contributed by atoms with E-state index in [-0.39, 0.29) is 29.7 Å². The molecule has 3 saturated heterocycles. The molecule has 4 fully saturated rings. The molecule has 3 aliphatic heterocycles. The van der Waals surface area contributed by atoms with Crippen molar-refractivity contribution in [3.05, 3.63) is 64.7 Å². The number of rotatable bonds is 7. The van der Waals surface area contributed by atoms with Crippen molar-refractivity contribution < 1.29 is 19.5 Å². The number of halogens is 1. The van der Waals surface area contributed by atoms with Crippen LogP contribution >= 0.6 is 11.6 Å². The molecule has 0 radical (unpaired) electrons.